The first-order valence-corrected chi connectivity index (χ1v) is 11.7. The van der Waals surface area contributed by atoms with Gasteiger partial charge in [0.25, 0.3) is 5.91 Å². The van der Waals surface area contributed by atoms with Crippen LogP contribution >= 0.6 is 0 Å². The number of amides is 1. The molecule has 0 unspecified atom stereocenters. The third kappa shape index (κ3) is 5.54. The summed E-state index contributed by atoms with van der Waals surface area (Å²) in [4.78, 5) is 24.9. The van der Waals surface area contributed by atoms with Crippen LogP contribution in [0.15, 0.2) is 35.1 Å². The predicted molar refractivity (Wildman–Crippen MR) is 111 cm³/mol. The minimum Gasteiger partial charge on any atom is -0.350 e. The number of hydrogen-bond donors (Lipinski definition) is 1. The third-order valence-electron chi connectivity index (χ3n) is 5.33. The van der Waals surface area contributed by atoms with Gasteiger partial charge in [-0.3, -0.25) is 9.59 Å². The molecule has 32 heavy (non-hydrogen) atoms. The maximum absolute atomic E-state index is 13.0. The summed E-state index contributed by atoms with van der Waals surface area (Å²) in [5, 5.41) is 6.64. The van der Waals surface area contributed by atoms with Crippen molar-refractivity contribution in [1.29, 1.82) is 0 Å². The number of piperidine rings is 1. The van der Waals surface area contributed by atoms with Crippen LogP contribution in [0.2, 0.25) is 0 Å². The third-order valence-corrected chi connectivity index (χ3v) is 6.64. The molecule has 1 saturated heterocycles. The van der Waals surface area contributed by atoms with Crippen molar-refractivity contribution >= 4 is 15.9 Å². The van der Waals surface area contributed by atoms with E-state index in [0.29, 0.717) is 25.9 Å². The number of halogens is 3. The molecular weight excluding hydrogens is 449 g/mol. The Balaban J connectivity index is 1.75. The van der Waals surface area contributed by atoms with Crippen LogP contribution in [0.25, 0.3) is 5.69 Å². The van der Waals surface area contributed by atoms with E-state index in [1.165, 1.54) is 23.4 Å². The Kier molecular flexibility index (Phi) is 6.75. The first-order valence-electron chi connectivity index (χ1n) is 9.88. The zero-order chi connectivity index (χ0) is 23.7. The molecule has 1 N–H and O–H groups in total. The average Bonchev–Trinajstić information content (AvgIpc) is 2.71. The van der Waals surface area contributed by atoms with Crippen LogP contribution in [0.1, 0.15) is 34.6 Å². The minimum atomic E-state index is -4.55. The van der Waals surface area contributed by atoms with Gasteiger partial charge in [0.05, 0.1) is 17.5 Å². The van der Waals surface area contributed by atoms with Crippen molar-refractivity contribution in [2.45, 2.75) is 25.9 Å². The molecule has 1 aromatic carbocycles. The van der Waals surface area contributed by atoms with Crippen molar-refractivity contribution in [3.8, 4) is 5.69 Å². The highest BCUT2D eigenvalue weighted by molar-refractivity contribution is 7.88. The van der Waals surface area contributed by atoms with E-state index < -0.39 is 38.8 Å². The van der Waals surface area contributed by atoms with Gasteiger partial charge >= 0.3 is 6.18 Å². The van der Waals surface area contributed by atoms with E-state index in [4.69, 9.17) is 0 Å². The van der Waals surface area contributed by atoms with Gasteiger partial charge in [-0.2, -0.15) is 18.3 Å². The van der Waals surface area contributed by atoms with Crippen LogP contribution in [-0.2, 0) is 16.2 Å². The molecule has 0 radical (unpaired) electrons. The van der Waals surface area contributed by atoms with E-state index in [2.05, 4.69) is 10.4 Å². The molecule has 1 aliphatic heterocycles. The fourth-order valence-electron chi connectivity index (χ4n) is 3.55. The number of alkyl halides is 3. The zero-order valence-electron chi connectivity index (χ0n) is 17.5. The van der Waals surface area contributed by atoms with Crippen molar-refractivity contribution in [3.05, 3.63) is 57.5 Å². The molecule has 3 rings (SSSR count). The van der Waals surface area contributed by atoms with E-state index >= 15 is 0 Å². The SMILES string of the molecule is Cc1cc(=O)c(C(=O)NCC2CCN(S(C)(=O)=O)CC2)nn1-c1cccc(C(F)(F)F)c1. The second kappa shape index (κ2) is 9.02. The van der Waals surface area contributed by atoms with Crippen LogP contribution < -0.4 is 10.7 Å². The summed E-state index contributed by atoms with van der Waals surface area (Å²) >= 11 is 0. The number of hydrogen-bond acceptors (Lipinski definition) is 5. The molecule has 0 bridgehead atoms. The Morgan fingerprint density at radius 2 is 1.88 bits per heavy atom. The Morgan fingerprint density at radius 1 is 1.22 bits per heavy atom. The van der Waals surface area contributed by atoms with E-state index in [1.807, 2.05) is 0 Å². The fourth-order valence-corrected chi connectivity index (χ4v) is 4.42. The summed E-state index contributed by atoms with van der Waals surface area (Å²) in [5.41, 5.74) is -1.60. The van der Waals surface area contributed by atoms with Gasteiger partial charge in [0.15, 0.2) is 5.69 Å². The monoisotopic (exact) mass is 472 g/mol. The molecule has 1 aromatic heterocycles. The van der Waals surface area contributed by atoms with Crippen LogP contribution in [0, 0.1) is 12.8 Å². The highest BCUT2D eigenvalue weighted by Gasteiger charge is 2.31. The van der Waals surface area contributed by atoms with Crippen molar-refractivity contribution in [1.82, 2.24) is 19.4 Å². The number of carbonyl (C=O) groups is 1. The molecule has 8 nitrogen and oxygen atoms in total. The summed E-state index contributed by atoms with van der Waals surface area (Å²) < 4.78 is 64.8. The lowest BCUT2D eigenvalue weighted by molar-refractivity contribution is -0.137. The summed E-state index contributed by atoms with van der Waals surface area (Å²) in [6.45, 7) is 2.44. The number of nitrogens with one attached hydrogen (secondary N) is 1. The molecule has 0 atom stereocenters. The maximum atomic E-state index is 13.0. The van der Waals surface area contributed by atoms with E-state index in [9.17, 15) is 31.2 Å². The van der Waals surface area contributed by atoms with Gasteiger partial charge in [-0.25, -0.2) is 17.4 Å². The molecule has 0 saturated carbocycles. The van der Waals surface area contributed by atoms with Crippen molar-refractivity contribution in [3.63, 3.8) is 0 Å². The molecule has 1 amide bonds. The largest absolute Gasteiger partial charge is 0.416 e. The van der Waals surface area contributed by atoms with Gasteiger partial charge < -0.3 is 5.32 Å². The topological polar surface area (TPSA) is 101 Å². The molecule has 1 aliphatic rings. The summed E-state index contributed by atoms with van der Waals surface area (Å²) in [6.07, 6.45) is -2.28. The number of aromatic nitrogens is 2. The minimum absolute atomic E-state index is 0.0353. The van der Waals surface area contributed by atoms with Crippen LogP contribution in [0.4, 0.5) is 13.2 Å². The molecule has 2 heterocycles. The maximum Gasteiger partial charge on any atom is 0.416 e. The first kappa shape index (κ1) is 23.9. The summed E-state index contributed by atoms with van der Waals surface area (Å²) in [7, 11) is -3.26. The zero-order valence-corrected chi connectivity index (χ0v) is 18.3. The Labute approximate surface area is 183 Å². The van der Waals surface area contributed by atoms with Gasteiger partial charge in [0.2, 0.25) is 15.5 Å². The smallest absolute Gasteiger partial charge is 0.350 e. The molecule has 0 spiro atoms. The molecular formula is C20H23F3N4O4S. The van der Waals surface area contributed by atoms with E-state index in [0.717, 1.165) is 29.1 Å². The van der Waals surface area contributed by atoms with E-state index in [1.54, 1.807) is 0 Å². The van der Waals surface area contributed by atoms with Crippen LogP contribution in [0.5, 0.6) is 0 Å². The number of nitrogens with zero attached hydrogens (tertiary/aromatic N) is 3. The van der Waals surface area contributed by atoms with Crippen LogP contribution in [-0.4, -0.2) is 54.3 Å². The Morgan fingerprint density at radius 3 is 2.47 bits per heavy atom. The molecule has 1 fully saturated rings. The Hall–Kier alpha value is -2.73. The lowest BCUT2D eigenvalue weighted by Gasteiger charge is -2.30. The number of sulfonamides is 1. The quantitative estimate of drug-likeness (QED) is 0.717. The molecule has 12 heteroatoms. The normalized spacial score (nSPS) is 16.2. The number of benzene rings is 1. The van der Waals surface area contributed by atoms with Crippen molar-refractivity contribution in [2.24, 2.45) is 5.92 Å². The fraction of sp³-hybridized carbons (Fsp3) is 0.450. The summed E-state index contributed by atoms with van der Waals surface area (Å²) in [6, 6.07) is 5.58. The lowest BCUT2D eigenvalue weighted by atomic mass is 9.98. The standard InChI is InChI=1S/C20H23F3N4O4S/c1-13-10-17(28)18(25-27(13)16-5-3-4-15(11-16)20(21,22)23)19(29)24-12-14-6-8-26(9-7-14)32(2,30)31/h3-5,10-11,14H,6-9,12H2,1-2H3,(H,24,29). The van der Waals surface area contributed by atoms with Crippen molar-refractivity contribution in [2.75, 3.05) is 25.9 Å². The van der Waals surface area contributed by atoms with Gasteiger partial charge in [0, 0.05) is 31.4 Å². The average molecular weight is 472 g/mol. The van der Waals surface area contributed by atoms with Gasteiger partial charge in [-0.05, 0) is 43.9 Å². The number of aryl methyl sites for hydroxylation is 1. The molecule has 174 valence electrons. The number of carbonyl (C=O) groups excluding carboxylic acids is 1. The van der Waals surface area contributed by atoms with Gasteiger partial charge in [-0.1, -0.05) is 6.07 Å². The van der Waals surface area contributed by atoms with Crippen molar-refractivity contribution < 1.29 is 26.4 Å². The summed E-state index contributed by atoms with van der Waals surface area (Å²) in [5.74, 6) is -0.700. The molecule has 2 aromatic rings. The highest BCUT2D eigenvalue weighted by Crippen LogP contribution is 2.30. The molecule has 0 aliphatic carbocycles. The predicted octanol–water partition coefficient (Wildman–Crippen LogP) is 1.96. The van der Waals surface area contributed by atoms with E-state index in [-0.39, 0.29) is 23.8 Å². The highest BCUT2D eigenvalue weighted by atomic mass is 32.2. The lowest BCUT2D eigenvalue weighted by Crippen LogP contribution is -2.41. The van der Waals surface area contributed by atoms with Crippen LogP contribution in [0.3, 0.4) is 0 Å². The second-order valence-corrected chi connectivity index (χ2v) is 9.76. The van der Waals surface area contributed by atoms with Gasteiger partial charge in [0.1, 0.15) is 0 Å². The first-order chi connectivity index (χ1) is 14.9. The second-order valence-electron chi connectivity index (χ2n) is 7.77. The number of rotatable bonds is 5. The Bertz CT molecular complexity index is 1170. The van der Waals surface area contributed by atoms with Gasteiger partial charge in [-0.15, -0.1) is 0 Å².